The molecule has 0 aromatic heterocycles. The quantitative estimate of drug-likeness (QED) is 0.307. The van der Waals surface area contributed by atoms with E-state index in [2.05, 4.69) is 39.9 Å². The van der Waals surface area contributed by atoms with E-state index in [4.69, 9.17) is 9.05 Å². The monoisotopic (exact) mass is 335 g/mol. The number of unbranched alkanes of at least 4 members (excludes halogenated alkanes) is 3. The van der Waals surface area contributed by atoms with Gasteiger partial charge in [-0.15, -0.1) is 0 Å². The molecule has 1 N–H and O–H groups in total. The lowest BCUT2D eigenvalue weighted by molar-refractivity contribution is 0.165. The van der Waals surface area contributed by atoms with Gasteiger partial charge < -0.3 is 14.4 Å². The van der Waals surface area contributed by atoms with Gasteiger partial charge in [-0.25, -0.2) is 0 Å². The minimum absolute atomic E-state index is 0.511. The second-order valence-electron chi connectivity index (χ2n) is 5.89. The van der Waals surface area contributed by atoms with Gasteiger partial charge in [-0.1, -0.05) is 53.9 Å². The van der Waals surface area contributed by atoms with Crippen LogP contribution >= 0.6 is 7.60 Å². The molecule has 22 heavy (non-hydrogen) atoms. The number of hydrogen-bond donors (Lipinski definition) is 1. The summed E-state index contributed by atoms with van der Waals surface area (Å²) in [4.78, 5) is 0. The van der Waals surface area contributed by atoms with Crippen LogP contribution in [0.1, 0.15) is 86.0 Å². The highest BCUT2D eigenvalue weighted by Gasteiger charge is 2.48. The zero-order valence-corrected chi connectivity index (χ0v) is 16.3. The van der Waals surface area contributed by atoms with Crippen LogP contribution in [0.25, 0.3) is 0 Å². The highest BCUT2D eigenvalue weighted by atomic mass is 31.2. The first-order chi connectivity index (χ1) is 10.6. The molecule has 0 spiro atoms. The largest absolute Gasteiger partial charge is 0.350 e. The maximum atomic E-state index is 13.5. The van der Waals surface area contributed by atoms with Crippen LogP contribution in [0.15, 0.2) is 0 Å². The van der Waals surface area contributed by atoms with Crippen molar-refractivity contribution in [3.63, 3.8) is 0 Å². The van der Waals surface area contributed by atoms with E-state index in [9.17, 15) is 4.57 Å². The third-order valence-electron chi connectivity index (χ3n) is 4.20. The van der Waals surface area contributed by atoms with Crippen molar-refractivity contribution >= 4 is 7.60 Å². The minimum atomic E-state index is -3.17. The molecule has 5 heteroatoms. The molecule has 0 saturated heterocycles. The van der Waals surface area contributed by atoms with Gasteiger partial charge in [0.25, 0.3) is 0 Å². The normalized spacial score (nSPS) is 12.8. The van der Waals surface area contributed by atoms with Crippen molar-refractivity contribution in [3.8, 4) is 0 Å². The summed E-state index contributed by atoms with van der Waals surface area (Å²) in [5, 5.41) is 2.96. The molecule has 134 valence electrons. The zero-order chi connectivity index (χ0) is 16.9. The third kappa shape index (κ3) is 6.70. The van der Waals surface area contributed by atoms with Crippen molar-refractivity contribution in [2.24, 2.45) is 0 Å². The summed E-state index contributed by atoms with van der Waals surface area (Å²) >= 11 is 0. The Kier molecular flexibility index (Phi) is 12.6. The average Bonchev–Trinajstić information content (AvgIpc) is 2.52. The Morgan fingerprint density at radius 2 is 1.27 bits per heavy atom. The summed E-state index contributed by atoms with van der Waals surface area (Å²) in [5.74, 6) is 0. The van der Waals surface area contributed by atoms with Crippen LogP contribution in [0.3, 0.4) is 0 Å². The molecular weight excluding hydrogens is 297 g/mol. The van der Waals surface area contributed by atoms with E-state index >= 15 is 0 Å². The van der Waals surface area contributed by atoms with E-state index in [1.807, 2.05) is 0 Å². The van der Waals surface area contributed by atoms with Crippen molar-refractivity contribution in [3.05, 3.63) is 0 Å². The van der Waals surface area contributed by atoms with E-state index in [0.29, 0.717) is 13.2 Å². The molecule has 0 aliphatic rings. The lowest BCUT2D eigenvalue weighted by Gasteiger charge is -2.39. The van der Waals surface area contributed by atoms with Gasteiger partial charge in [-0.05, 0) is 38.6 Å². The maximum absolute atomic E-state index is 13.5. The van der Waals surface area contributed by atoms with Gasteiger partial charge in [0.2, 0.25) is 0 Å². The van der Waals surface area contributed by atoms with Gasteiger partial charge in [0.05, 0.1) is 13.2 Å². The first-order valence-electron chi connectivity index (χ1n) is 9.19. The van der Waals surface area contributed by atoms with E-state index in [1.165, 1.54) is 0 Å². The minimum Gasteiger partial charge on any atom is -0.307 e. The molecule has 0 unspecified atom stereocenters. The van der Waals surface area contributed by atoms with Crippen LogP contribution in [0.4, 0.5) is 0 Å². The number of nitrogens with one attached hydrogen (secondary N) is 1. The summed E-state index contributed by atoms with van der Waals surface area (Å²) < 4.78 is 25.3. The Labute approximate surface area is 138 Å². The number of hydrogen-bond acceptors (Lipinski definition) is 4. The van der Waals surface area contributed by atoms with Gasteiger partial charge >= 0.3 is 7.60 Å². The molecule has 0 atom stereocenters. The summed E-state index contributed by atoms with van der Waals surface area (Å²) in [6.45, 7) is 12.4. The van der Waals surface area contributed by atoms with E-state index in [0.717, 1.165) is 57.9 Å². The Hall–Kier alpha value is 0.110. The maximum Gasteiger partial charge on any atom is 0.350 e. The molecule has 0 heterocycles. The van der Waals surface area contributed by atoms with E-state index < -0.39 is 12.9 Å². The second-order valence-corrected chi connectivity index (χ2v) is 8.26. The topological polar surface area (TPSA) is 47.6 Å². The lowest BCUT2D eigenvalue weighted by Crippen LogP contribution is -2.45. The van der Waals surface area contributed by atoms with Crippen LogP contribution in [0.5, 0.6) is 0 Å². The molecule has 0 fully saturated rings. The molecule has 0 amide bonds. The fourth-order valence-corrected chi connectivity index (χ4v) is 4.81. The van der Waals surface area contributed by atoms with Gasteiger partial charge in [-0.2, -0.15) is 0 Å². The molecule has 4 nitrogen and oxygen atoms in total. The van der Waals surface area contributed by atoms with Crippen molar-refractivity contribution in [1.82, 2.24) is 5.32 Å². The molecule has 0 saturated carbocycles. The lowest BCUT2D eigenvalue weighted by atomic mass is 10.1. The van der Waals surface area contributed by atoms with Crippen molar-refractivity contribution in [1.29, 1.82) is 0 Å². The van der Waals surface area contributed by atoms with Crippen LogP contribution in [0, 0.1) is 0 Å². The zero-order valence-electron chi connectivity index (χ0n) is 15.5. The average molecular weight is 335 g/mol. The molecule has 0 aromatic rings. The Balaban J connectivity index is 5.10. The standard InChI is InChI=1S/C17H38NO3P/c1-6-11-14-18-17(9-4,10-5)22(19,20-15-12-7-2)21-16-13-8-3/h18H,6-16H2,1-5H3. The predicted molar refractivity (Wildman–Crippen MR) is 95.6 cm³/mol. The highest BCUT2D eigenvalue weighted by molar-refractivity contribution is 7.55. The van der Waals surface area contributed by atoms with Gasteiger partial charge in [0.1, 0.15) is 5.28 Å². The Morgan fingerprint density at radius 1 is 0.818 bits per heavy atom. The van der Waals surface area contributed by atoms with Gasteiger partial charge in [0, 0.05) is 0 Å². The summed E-state index contributed by atoms with van der Waals surface area (Å²) in [7, 11) is -3.17. The summed E-state index contributed by atoms with van der Waals surface area (Å²) in [6.07, 6.45) is 7.59. The third-order valence-corrected chi connectivity index (χ3v) is 7.08. The summed E-state index contributed by atoms with van der Waals surface area (Å²) in [5.41, 5.74) is 0. The van der Waals surface area contributed by atoms with Crippen molar-refractivity contribution < 1.29 is 13.6 Å². The molecule has 0 bridgehead atoms. The molecule has 0 radical (unpaired) electrons. The van der Waals surface area contributed by atoms with Gasteiger partial charge in [-0.3, -0.25) is 4.57 Å². The molecule has 0 rings (SSSR count). The van der Waals surface area contributed by atoms with Crippen molar-refractivity contribution in [2.45, 2.75) is 91.3 Å². The fourth-order valence-electron chi connectivity index (χ4n) is 2.42. The first-order valence-corrected chi connectivity index (χ1v) is 10.7. The van der Waals surface area contributed by atoms with Crippen molar-refractivity contribution in [2.75, 3.05) is 19.8 Å². The second kappa shape index (κ2) is 12.5. The molecular formula is C17H38NO3P. The number of rotatable bonds is 15. The predicted octanol–water partition coefficient (Wildman–Crippen LogP) is 5.72. The fraction of sp³-hybridized carbons (Fsp3) is 1.00. The van der Waals surface area contributed by atoms with E-state index in [-0.39, 0.29) is 0 Å². The molecule has 0 aliphatic heterocycles. The molecule has 0 aromatic carbocycles. The first kappa shape index (κ1) is 22.1. The summed E-state index contributed by atoms with van der Waals surface area (Å²) in [6, 6.07) is 0. The Bertz CT molecular complexity index is 292. The van der Waals surface area contributed by atoms with Gasteiger partial charge in [0.15, 0.2) is 0 Å². The van der Waals surface area contributed by atoms with Crippen LogP contribution in [0.2, 0.25) is 0 Å². The smallest absolute Gasteiger partial charge is 0.307 e. The van der Waals surface area contributed by atoms with Crippen LogP contribution in [-0.4, -0.2) is 25.0 Å². The van der Waals surface area contributed by atoms with Crippen LogP contribution in [-0.2, 0) is 13.6 Å². The highest BCUT2D eigenvalue weighted by Crippen LogP contribution is 2.61. The SMILES string of the molecule is CCCCNC(CC)(CC)P(=O)(OCCCC)OCCCC. The van der Waals surface area contributed by atoms with E-state index in [1.54, 1.807) is 0 Å². The van der Waals surface area contributed by atoms with Crippen LogP contribution < -0.4 is 5.32 Å². The molecule has 0 aliphatic carbocycles. The Morgan fingerprint density at radius 3 is 1.64 bits per heavy atom.